The zero-order chi connectivity index (χ0) is 19.7. The van der Waals surface area contributed by atoms with E-state index < -0.39 is 16.9 Å². The maximum absolute atomic E-state index is 12.6. The molecular formula is C22H32O5. The fourth-order valence-electron chi connectivity index (χ4n) is 5.04. The number of carbonyl (C=O) groups is 2. The van der Waals surface area contributed by atoms with Crippen molar-refractivity contribution in [2.75, 3.05) is 13.2 Å². The molecular weight excluding hydrogens is 344 g/mol. The van der Waals surface area contributed by atoms with Crippen molar-refractivity contribution in [2.24, 2.45) is 28.6 Å². The number of hydrogen-bond donors (Lipinski definition) is 1. The van der Waals surface area contributed by atoms with Crippen molar-refractivity contribution < 1.29 is 24.2 Å². The molecule has 0 aromatic rings. The molecule has 0 saturated heterocycles. The van der Waals surface area contributed by atoms with Gasteiger partial charge in [-0.15, -0.1) is 0 Å². The zero-order valence-electron chi connectivity index (χ0n) is 16.6. The Morgan fingerprint density at radius 2 is 1.85 bits per heavy atom. The number of allylic oxidation sites excluding steroid dienone is 4. The van der Waals surface area contributed by atoms with Crippen LogP contribution in [0.25, 0.3) is 0 Å². The van der Waals surface area contributed by atoms with Crippen LogP contribution in [0.4, 0.5) is 0 Å². The van der Waals surface area contributed by atoms with Crippen LogP contribution in [0.3, 0.4) is 0 Å². The fourth-order valence-corrected chi connectivity index (χ4v) is 5.04. The van der Waals surface area contributed by atoms with E-state index in [2.05, 4.69) is 18.2 Å². The first-order chi connectivity index (χ1) is 12.8. The molecule has 3 aliphatic carbocycles. The topological polar surface area (TPSA) is 72.8 Å². The molecule has 0 amide bonds. The number of hydrogen-bond acceptors (Lipinski definition) is 5. The molecule has 2 bridgehead atoms. The van der Waals surface area contributed by atoms with Crippen molar-refractivity contribution in [3.8, 4) is 0 Å². The molecule has 5 nitrogen and oxygen atoms in total. The summed E-state index contributed by atoms with van der Waals surface area (Å²) < 4.78 is 10.7. The minimum absolute atomic E-state index is 0.141. The molecule has 1 N–H and O–H groups in total. The van der Waals surface area contributed by atoms with E-state index in [0.29, 0.717) is 5.92 Å². The Labute approximate surface area is 161 Å². The Hall–Kier alpha value is -1.62. The molecule has 6 unspecified atom stereocenters. The summed E-state index contributed by atoms with van der Waals surface area (Å²) in [7, 11) is 0. The standard InChI is InChI=1S/C22H32O5/c1-4-6-16-7-5-10-21(16,2)19(24)26-13-18(23)14-27-20(25)22(3)12-15-8-9-17(22)11-15/h4,6,8-9,15-18,23H,5,7,10-14H2,1-3H3/b6-4-. The Kier molecular flexibility index (Phi) is 5.80. The second kappa shape index (κ2) is 7.78. The lowest BCUT2D eigenvalue weighted by Gasteiger charge is -2.29. The average Bonchev–Trinajstić information content (AvgIpc) is 3.33. The highest BCUT2D eigenvalue weighted by Gasteiger charge is 2.51. The molecule has 0 radical (unpaired) electrons. The molecule has 150 valence electrons. The van der Waals surface area contributed by atoms with E-state index in [4.69, 9.17) is 9.47 Å². The minimum Gasteiger partial charge on any atom is -0.462 e. The lowest BCUT2D eigenvalue weighted by Crippen LogP contribution is -2.37. The molecule has 0 spiro atoms. The summed E-state index contributed by atoms with van der Waals surface area (Å²) in [6.45, 7) is 5.54. The van der Waals surface area contributed by atoms with Gasteiger partial charge in [-0.2, -0.15) is 0 Å². The van der Waals surface area contributed by atoms with Gasteiger partial charge in [-0.25, -0.2) is 0 Å². The van der Waals surface area contributed by atoms with Crippen LogP contribution in [0.1, 0.15) is 52.9 Å². The van der Waals surface area contributed by atoms with Crippen molar-refractivity contribution in [3.63, 3.8) is 0 Å². The van der Waals surface area contributed by atoms with Crippen molar-refractivity contribution in [1.82, 2.24) is 0 Å². The van der Waals surface area contributed by atoms with Crippen LogP contribution in [0.5, 0.6) is 0 Å². The van der Waals surface area contributed by atoms with Crippen LogP contribution in [0, 0.1) is 28.6 Å². The Morgan fingerprint density at radius 3 is 2.41 bits per heavy atom. The van der Waals surface area contributed by atoms with Crippen molar-refractivity contribution >= 4 is 11.9 Å². The summed E-state index contributed by atoms with van der Waals surface area (Å²) >= 11 is 0. The van der Waals surface area contributed by atoms with Gasteiger partial charge in [0, 0.05) is 0 Å². The Bertz CT molecular complexity index is 639. The smallest absolute Gasteiger partial charge is 0.312 e. The largest absolute Gasteiger partial charge is 0.462 e. The second-order valence-corrected chi connectivity index (χ2v) is 8.90. The molecule has 2 fully saturated rings. The second-order valence-electron chi connectivity index (χ2n) is 8.90. The zero-order valence-corrected chi connectivity index (χ0v) is 16.6. The number of ether oxygens (including phenoxy) is 2. The third-order valence-electron chi connectivity index (χ3n) is 6.88. The van der Waals surface area contributed by atoms with Crippen LogP contribution in [-0.4, -0.2) is 36.4 Å². The first-order valence-corrected chi connectivity index (χ1v) is 10.1. The van der Waals surface area contributed by atoms with E-state index in [9.17, 15) is 14.7 Å². The number of aliphatic hydroxyl groups excluding tert-OH is 1. The quantitative estimate of drug-likeness (QED) is 0.544. The molecule has 3 aliphatic rings. The predicted molar refractivity (Wildman–Crippen MR) is 102 cm³/mol. The third-order valence-corrected chi connectivity index (χ3v) is 6.88. The van der Waals surface area contributed by atoms with E-state index in [1.54, 1.807) is 0 Å². The Morgan fingerprint density at radius 1 is 1.19 bits per heavy atom. The lowest BCUT2D eigenvalue weighted by atomic mass is 9.78. The van der Waals surface area contributed by atoms with Gasteiger partial charge in [0.15, 0.2) is 0 Å². The third kappa shape index (κ3) is 3.84. The van der Waals surface area contributed by atoms with E-state index in [1.165, 1.54) is 0 Å². The van der Waals surface area contributed by atoms with Crippen molar-refractivity contribution in [1.29, 1.82) is 0 Å². The number of fused-ring (bicyclic) bond motifs is 2. The van der Waals surface area contributed by atoms with E-state index >= 15 is 0 Å². The molecule has 0 aromatic carbocycles. The highest BCUT2D eigenvalue weighted by Crippen LogP contribution is 2.52. The van der Waals surface area contributed by atoms with Crippen LogP contribution in [-0.2, 0) is 19.1 Å². The summed E-state index contributed by atoms with van der Waals surface area (Å²) in [5, 5.41) is 10.1. The van der Waals surface area contributed by atoms with Gasteiger partial charge >= 0.3 is 11.9 Å². The van der Waals surface area contributed by atoms with Crippen LogP contribution < -0.4 is 0 Å². The fraction of sp³-hybridized carbons (Fsp3) is 0.727. The number of rotatable bonds is 7. The van der Waals surface area contributed by atoms with Gasteiger partial charge in [0.05, 0.1) is 10.8 Å². The summed E-state index contributed by atoms with van der Waals surface area (Å²) in [5.41, 5.74) is -1.03. The molecule has 6 atom stereocenters. The van der Waals surface area contributed by atoms with Gasteiger partial charge < -0.3 is 14.6 Å². The number of aliphatic hydroxyl groups is 1. The highest BCUT2D eigenvalue weighted by molar-refractivity contribution is 5.78. The molecule has 3 rings (SSSR count). The summed E-state index contributed by atoms with van der Waals surface area (Å²) in [5.74, 6) is 0.335. The van der Waals surface area contributed by atoms with E-state index in [0.717, 1.165) is 32.1 Å². The molecule has 27 heavy (non-hydrogen) atoms. The number of esters is 2. The van der Waals surface area contributed by atoms with Gasteiger partial charge in [0.25, 0.3) is 0 Å². The first kappa shape index (κ1) is 20.1. The molecule has 5 heteroatoms. The number of carbonyl (C=O) groups excluding carboxylic acids is 2. The molecule has 0 heterocycles. The minimum atomic E-state index is -0.999. The van der Waals surface area contributed by atoms with E-state index in [-0.39, 0.29) is 37.0 Å². The van der Waals surface area contributed by atoms with Gasteiger partial charge in [-0.05, 0) is 64.2 Å². The van der Waals surface area contributed by atoms with Gasteiger partial charge in [-0.3, -0.25) is 9.59 Å². The van der Waals surface area contributed by atoms with E-state index in [1.807, 2.05) is 26.8 Å². The van der Waals surface area contributed by atoms with Crippen LogP contribution in [0.15, 0.2) is 24.3 Å². The predicted octanol–water partition coefficient (Wildman–Crippen LogP) is 3.42. The first-order valence-electron chi connectivity index (χ1n) is 10.1. The van der Waals surface area contributed by atoms with Gasteiger partial charge in [0.2, 0.25) is 0 Å². The maximum Gasteiger partial charge on any atom is 0.312 e. The molecule has 0 aliphatic heterocycles. The lowest BCUT2D eigenvalue weighted by molar-refractivity contribution is -0.165. The summed E-state index contributed by atoms with van der Waals surface area (Å²) in [4.78, 5) is 25.1. The monoisotopic (exact) mass is 376 g/mol. The van der Waals surface area contributed by atoms with Crippen molar-refractivity contribution in [3.05, 3.63) is 24.3 Å². The summed E-state index contributed by atoms with van der Waals surface area (Å²) in [6, 6.07) is 0. The molecule has 2 saturated carbocycles. The van der Waals surface area contributed by atoms with Crippen LogP contribution in [0.2, 0.25) is 0 Å². The van der Waals surface area contributed by atoms with Gasteiger partial charge in [-0.1, -0.05) is 30.7 Å². The van der Waals surface area contributed by atoms with Crippen LogP contribution >= 0.6 is 0 Å². The van der Waals surface area contributed by atoms with Crippen molar-refractivity contribution in [2.45, 2.75) is 59.0 Å². The highest BCUT2D eigenvalue weighted by atomic mass is 16.6. The Balaban J connectivity index is 1.44. The average molecular weight is 376 g/mol. The maximum atomic E-state index is 12.6. The summed E-state index contributed by atoms with van der Waals surface area (Å²) in [6.07, 6.45) is 11.9. The SMILES string of the molecule is C/C=C\C1CCCC1(C)C(=O)OCC(O)COC(=O)C1(C)CC2C=CC1C2. The molecule has 0 aromatic heterocycles. The normalized spacial score (nSPS) is 38.4. The van der Waals surface area contributed by atoms with Gasteiger partial charge in [0.1, 0.15) is 19.3 Å².